The minimum Gasteiger partial charge on any atom is -0.508 e. The van der Waals surface area contributed by atoms with Crippen molar-refractivity contribution in [1.82, 2.24) is 0 Å². The third kappa shape index (κ3) is 2.49. The maximum atomic E-state index is 9.88. The van der Waals surface area contributed by atoms with Gasteiger partial charge in [0.15, 0.2) is 11.5 Å². The largest absolute Gasteiger partial charge is 0.508 e. The highest BCUT2D eigenvalue weighted by Gasteiger charge is 2.23. The van der Waals surface area contributed by atoms with Crippen molar-refractivity contribution in [3.63, 3.8) is 0 Å². The van der Waals surface area contributed by atoms with Crippen LogP contribution < -0.4 is 9.47 Å². The molecule has 110 valence electrons. The maximum Gasteiger partial charge on any atom is 0.160 e. The molecule has 1 heterocycles. The number of hydrogen-bond acceptors (Lipinski definition) is 4. The van der Waals surface area contributed by atoms with Gasteiger partial charge in [-0.2, -0.15) is 0 Å². The molecule has 2 N–H and O–H groups in total. The van der Waals surface area contributed by atoms with Crippen molar-refractivity contribution >= 4 is 0 Å². The Morgan fingerprint density at radius 2 is 1.95 bits per heavy atom. The van der Waals surface area contributed by atoms with Crippen LogP contribution in [0, 0.1) is 6.92 Å². The Bertz CT molecular complexity index is 679. The van der Waals surface area contributed by atoms with Crippen molar-refractivity contribution in [2.75, 3.05) is 7.11 Å². The van der Waals surface area contributed by atoms with Gasteiger partial charge in [0.25, 0.3) is 0 Å². The Kier molecular flexibility index (Phi) is 3.37. The van der Waals surface area contributed by atoms with Gasteiger partial charge in [0.1, 0.15) is 17.6 Å². The summed E-state index contributed by atoms with van der Waals surface area (Å²) in [5, 5.41) is 19.7. The standard InChI is InChI=1S/C17H18O4/c1-10-7-11-3-5-15(21-17(11)9-13(10)18)12-4-6-16(20-2)14(19)8-12/h4,6-9,15,18-19H,3,5H2,1-2H3/t15-/m1/s1. The number of methoxy groups -OCH3 is 1. The van der Waals surface area contributed by atoms with Crippen LogP contribution in [-0.2, 0) is 6.42 Å². The lowest BCUT2D eigenvalue weighted by atomic mass is 9.96. The predicted octanol–water partition coefficient (Wildman–Crippen LogP) is 3.48. The minimum atomic E-state index is -0.128. The van der Waals surface area contributed by atoms with Gasteiger partial charge < -0.3 is 19.7 Å². The van der Waals surface area contributed by atoms with E-state index in [-0.39, 0.29) is 17.6 Å². The molecule has 21 heavy (non-hydrogen) atoms. The van der Waals surface area contributed by atoms with Crippen LogP contribution in [0.15, 0.2) is 30.3 Å². The monoisotopic (exact) mass is 286 g/mol. The molecule has 3 rings (SSSR count). The first-order chi connectivity index (χ1) is 10.1. The molecule has 0 fully saturated rings. The van der Waals surface area contributed by atoms with Gasteiger partial charge in [-0.05, 0) is 54.7 Å². The summed E-state index contributed by atoms with van der Waals surface area (Å²) in [4.78, 5) is 0. The molecular weight excluding hydrogens is 268 g/mol. The van der Waals surface area contributed by atoms with E-state index >= 15 is 0 Å². The highest BCUT2D eigenvalue weighted by atomic mass is 16.5. The second-order valence-electron chi connectivity index (χ2n) is 5.32. The van der Waals surface area contributed by atoms with E-state index in [9.17, 15) is 10.2 Å². The number of fused-ring (bicyclic) bond motifs is 1. The lowest BCUT2D eigenvalue weighted by Crippen LogP contribution is -2.15. The molecule has 0 unspecified atom stereocenters. The zero-order valence-electron chi connectivity index (χ0n) is 12.1. The first-order valence-electron chi connectivity index (χ1n) is 6.94. The summed E-state index contributed by atoms with van der Waals surface area (Å²) in [5.74, 6) is 1.51. The number of aryl methyl sites for hydroxylation is 2. The fraction of sp³-hybridized carbons (Fsp3) is 0.294. The summed E-state index contributed by atoms with van der Waals surface area (Å²) in [6, 6.07) is 8.92. The molecule has 0 amide bonds. The normalized spacial score (nSPS) is 17.0. The van der Waals surface area contributed by atoms with Gasteiger partial charge in [-0.3, -0.25) is 0 Å². The fourth-order valence-corrected chi connectivity index (χ4v) is 2.68. The summed E-state index contributed by atoms with van der Waals surface area (Å²) >= 11 is 0. The highest BCUT2D eigenvalue weighted by Crippen LogP contribution is 2.39. The van der Waals surface area contributed by atoms with Crippen LogP contribution in [-0.4, -0.2) is 17.3 Å². The van der Waals surface area contributed by atoms with Crippen molar-refractivity contribution in [2.24, 2.45) is 0 Å². The fourth-order valence-electron chi connectivity index (χ4n) is 2.68. The molecular formula is C17H18O4. The zero-order valence-corrected chi connectivity index (χ0v) is 12.1. The molecule has 1 aliphatic rings. The summed E-state index contributed by atoms with van der Waals surface area (Å²) in [5.41, 5.74) is 2.87. The van der Waals surface area contributed by atoms with Crippen molar-refractivity contribution < 1.29 is 19.7 Å². The van der Waals surface area contributed by atoms with E-state index in [4.69, 9.17) is 9.47 Å². The summed E-state index contributed by atoms with van der Waals surface area (Å²) in [7, 11) is 1.52. The number of benzene rings is 2. The number of phenols is 2. The Morgan fingerprint density at radius 1 is 1.14 bits per heavy atom. The molecule has 0 saturated carbocycles. The second kappa shape index (κ2) is 5.20. The maximum absolute atomic E-state index is 9.88. The Morgan fingerprint density at radius 3 is 2.67 bits per heavy atom. The molecule has 0 aromatic heterocycles. The van der Waals surface area contributed by atoms with E-state index in [1.54, 1.807) is 18.2 Å². The van der Waals surface area contributed by atoms with Gasteiger partial charge in [0, 0.05) is 6.07 Å². The lowest BCUT2D eigenvalue weighted by molar-refractivity contribution is 0.175. The molecule has 0 saturated heterocycles. The van der Waals surface area contributed by atoms with Crippen LogP contribution in [0.5, 0.6) is 23.0 Å². The van der Waals surface area contributed by atoms with Crippen molar-refractivity contribution in [3.8, 4) is 23.0 Å². The van der Waals surface area contributed by atoms with E-state index in [0.717, 1.165) is 29.5 Å². The van der Waals surface area contributed by atoms with E-state index in [1.807, 2.05) is 19.1 Å². The first kappa shape index (κ1) is 13.6. The Labute approximate surface area is 123 Å². The average Bonchev–Trinajstić information content (AvgIpc) is 2.48. The molecule has 0 radical (unpaired) electrons. The zero-order chi connectivity index (χ0) is 15.0. The number of aromatic hydroxyl groups is 2. The van der Waals surface area contributed by atoms with Gasteiger partial charge in [-0.15, -0.1) is 0 Å². The number of phenolic OH excluding ortho intramolecular Hbond substituents is 2. The van der Waals surface area contributed by atoms with E-state index in [1.165, 1.54) is 7.11 Å². The van der Waals surface area contributed by atoms with Gasteiger partial charge >= 0.3 is 0 Å². The number of rotatable bonds is 2. The molecule has 2 aromatic carbocycles. The van der Waals surface area contributed by atoms with Crippen LogP contribution in [0.1, 0.15) is 29.2 Å². The Balaban J connectivity index is 1.89. The minimum absolute atomic E-state index is 0.108. The number of ether oxygens (including phenoxy) is 2. The number of hydrogen-bond donors (Lipinski definition) is 2. The molecule has 0 aliphatic carbocycles. The van der Waals surface area contributed by atoms with Crippen LogP contribution in [0.3, 0.4) is 0 Å². The molecule has 2 aromatic rings. The van der Waals surface area contributed by atoms with E-state index in [2.05, 4.69) is 0 Å². The summed E-state index contributed by atoms with van der Waals surface area (Å²) in [6.45, 7) is 1.88. The van der Waals surface area contributed by atoms with Crippen LogP contribution in [0.25, 0.3) is 0 Å². The quantitative estimate of drug-likeness (QED) is 0.887. The molecule has 4 heteroatoms. The smallest absolute Gasteiger partial charge is 0.160 e. The van der Waals surface area contributed by atoms with E-state index in [0.29, 0.717) is 11.5 Å². The van der Waals surface area contributed by atoms with Crippen LogP contribution in [0.2, 0.25) is 0 Å². The van der Waals surface area contributed by atoms with Gasteiger partial charge in [0.2, 0.25) is 0 Å². The molecule has 1 aliphatic heterocycles. The van der Waals surface area contributed by atoms with Crippen LogP contribution >= 0.6 is 0 Å². The highest BCUT2D eigenvalue weighted by molar-refractivity contribution is 5.48. The second-order valence-corrected chi connectivity index (χ2v) is 5.32. The topological polar surface area (TPSA) is 58.9 Å². The van der Waals surface area contributed by atoms with Gasteiger partial charge in [0.05, 0.1) is 7.11 Å². The lowest BCUT2D eigenvalue weighted by Gasteiger charge is -2.27. The Hall–Kier alpha value is -2.36. The van der Waals surface area contributed by atoms with Gasteiger partial charge in [-0.1, -0.05) is 6.07 Å². The third-order valence-corrected chi connectivity index (χ3v) is 3.90. The van der Waals surface area contributed by atoms with Gasteiger partial charge in [-0.25, -0.2) is 0 Å². The van der Waals surface area contributed by atoms with E-state index < -0.39 is 0 Å². The molecule has 0 bridgehead atoms. The molecule has 0 spiro atoms. The van der Waals surface area contributed by atoms with Crippen molar-refractivity contribution in [3.05, 3.63) is 47.0 Å². The predicted molar refractivity (Wildman–Crippen MR) is 79.2 cm³/mol. The molecule has 4 nitrogen and oxygen atoms in total. The summed E-state index contributed by atoms with van der Waals surface area (Å²) < 4.78 is 11.0. The molecule has 1 atom stereocenters. The van der Waals surface area contributed by atoms with Crippen molar-refractivity contribution in [2.45, 2.75) is 25.9 Å². The average molecular weight is 286 g/mol. The SMILES string of the molecule is COc1ccc([C@H]2CCc3cc(C)c(O)cc3O2)cc1O. The third-order valence-electron chi connectivity index (χ3n) is 3.90. The summed E-state index contributed by atoms with van der Waals surface area (Å²) in [6.07, 6.45) is 1.59. The first-order valence-corrected chi connectivity index (χ1v) is 6.94. The van der Waals surface area contributed by atoms with Crippen molar-refractivity contribution in [1.29, 1.82) is 0 Å². The van der Waals surface area contributed by atoms with Crippen LogP contribution in [0.4, 0.5) is 0 Å².